The Bertz CT molecular complexity index is 1310. The molecule has 1 amide bonds. The molecular weight excluding hydrogens is 536 g/mol. The van der Waals surface area contributed by atoms with E-state index in [0.29, 0.717) is 23.1 Å². The number of benzene rings is 1. The van der Waals surface area contributed by atoms with Gasteiger partial charge < -0.3 is 23.9 Å². The summed E-state index contributed by atoms with van der Waals surface area (Å²) in [7, 11) is -1.66. The van der Waals surface area contributed by atoms with Crippen molar-refractivity contribution in [3.05, 3.63) is 60.0 Å². The van der Waals surface area contributed by atoms with Crippen molar-refractivity contribution in [1.29, 1.82) is 0 Å². The van der Waals surface area contributed by atoms with E-state index in [-0.39, 0.29) is 37.0 Å². The van der Waals surface area contributed by atoms with Crippen LogP contribution in [0, 0.1) is 6.57 Å². The maximum Gasteiger partial charge on any atom is 0.259 e. The fourth-order valence-electron chi connectivity index (χ4n) is 4.66. The summed E-state index contributed by atoms with van der Waals surface area (Å²) in [6, 6.07) is 8.90. The van der Waals surface area contributed by atoms with Gasteiger partial charge in [0.05, 0.1) is 12.4 Å². The van der Waals surface area contributed by atoms with Gasteiger partial charge in [0.15, 0.2) is 29.4 Å². The van der Waals surface area contributed by atoms with E-state index in [9.17, 15) is 4.79 Å². The van der Waals surface area contributed by atoms with Gasteiger partial charge in [-0.1, -0.05) is 25.1 Å². The van der Waals surface area contributed by atoms with Crippen molar-refractivity contribution in [3.8, 4) is 0 Å². The van der Waals surface area contributed by atoms with Crippen molar-refractivity contribution in [2.75, 3.05) is 18.5 Å². The molecule has 11 nitrogen and oxygen atoms in total. The second-order valence-electron chi connectivity index (χ2n) is 9.87. The highest BCUT2D eigenvalue weighted by Crippen LogP contribution is 2.51. The Kier molecular flexibility index (Phi) is 10.1. The zero-order valence-electron chi connectivity index (χ0n) is 23.3. The van der Waals surface area contributed by atoms with Crippen LogP contribution in [0.5, 0.6) is 0 Å². The quantitative estimate of drug-likeness (QED) is 0.175. The SMILES string of the molecule is [C-]#[N+]CCOP(O[C@H]1[C@@H](F)[C@H](n2cnc3c(NC(=O)c4ccccc4)ncnc32)O[C@@H]1CC)N(C(C)C)C(C)C. The second-order valence-corrected chi connectivity index (χ2v) is 11.3. The molecule has 0 saturated carbocycles. The molecule has 1 saturated heterocycles. The fourth-order valence-corrected chi connectivity index (χ4v) is 6.42. The van der Waals surface area contributed by atoms with Gasteiger partial charge in [-0.05, 0) is 46.2 Å². The van der Waals surface area contributed by atoms with E-state index in [1.54, 1.807) is 24.3 Å². The van der Waals surface area contributed by atoms with Crippen molar-refractivity contribution in [1.82, 2.24) is 24.2 Å². The van der Waals surface area contributed by atoms with Gasteiger partial charge in [-0.25, -0.2) is 30.6 Å². The summed E-state index contributed by atoms with van der Waals surface area (Å²) in [6.45, 7) is 17.5. The van der Waals surface area contributed by atoms with Crippen molar-refractivity contribution in [3.63, 3.8) is 0 Å². The van der Waals surface area contributed by atoms with Crippen LogP contribution in [0.4, 0.5) is 10.2 Å². The van der Waals surface area contributed by atoms with Gasteiger partial charge in [0, 0.05) is 17.6 Å². The van der Waals surface area contributed by atoms with E-state index >= 15 is 4.39 Å². The Hall–Kier alpha value is -3.07. The lowest BCUT2D eigenvalue weighted by Crippen LogP contribution is -2.38. The molecule has 1 unspecified atom stereocenters. The summed E-state index contributed by atoms with van der Waals surface area (Å²) in [6.07, 6.45) is -0.835. The largest absolute Gasteiger partial charge is 0.349 e. The lowest BCUT2D eigenvalue weighted by atomic mass is 10.1. The number of imidazole rings is 1. The van der Waals surface area contributed by atoms with Gasteiger partial charge in [-0.15, -0.1) is 0 Å². The third-order valence-electron chi connectivity index (χ3n) is 6.43. The molecule has 3 heterocycles. The van der Waals surface area contributed by atoms with Gasteiger partial charge in [0.1, 0.15) is 19.0 Å². The van der Waals surface area contributed by atoms with E-state index in [2.05, 4.69) is 29.8 Å². The number of anilines is 1. The molecule has 1 fully saturated rings. The number of aromatic nitrogens is 4. The number of hydrogen-bond acceptors (Lipinski definition) is 8. The van der Waals surface area contributed by atoms with Crippen LogP contribution in [0.2, 0.25) is 0 Å². The Morgan fingerprint density at radius 1 is 1.23 bits per heavy atom. The minimum Gasteiger partial charge on any atom is -0.349 e. The number of alkyl halides is 1. The normalized spacial score (nSPS) is 21.8. The van der Waals surface area contributed by atoms with Crippen LogP contribution in [0.25, 0.3) is 16.0 Å². The average Bonchev–Trinajstić information content (AvgIpc) is 3.50. The van der Waals surface area contributed by atoms with Gasteiger partial charge in [-0.2, -0.15) is 0 Å². The number of fused-ring (bicyclic) bond motifs is 1. The number of carbonyl (C=O) groups excluding carboxylic acids is 1. The number of amides is 1. The topological polar surface area (TPSA) is 108 Å². The molecule has 0 bridgehead atoms. The fraction of sp³-hybridized carbons (Fsp3) is 0.519. The van der Waals surface area contributed by atoms with Crippen LogP contribution in [0.15, 0.2) is 43.0 Å². The first-order chi connectivity index (χ1) is 19.3. The van der Waals surface area contributed by atoms with E-state index in [4.69, 9.17) is 20.4 Å². The molecule has 1 aliphatic heterocycles. The highest BCUT2D eigenvalue weighted by Gasteiger charge is 2.49. The number of nitrogens with one attached hydrogen (secondary N) is 1. The molecule has 1 aromatic carbocycles. The molecule has 1 aliphatic rings. The van der Waals surface area contributed by atoms with Crippen molar-refractivity contribution >= 4 is 31.4 Å². The summed E-state index contributed by atoms with van der Waals surface area (Å²) >= 11 is 0. The van der Waals surface area contributed by atoms with Gasteiger partial charge in [0.2, 0.25) is 6.54 Å². The average molecular weight is 572 g/mol. The monoisotopic (exact) mass is 571 g/mol. The zero-order valence-corrected chi connectivity index (χ0v) is 24.2. The Morgan fingerprint density at radius 2 is 1.95 bits per heavy atom. The van der Waals surface area contributed by atoms with Crippen LogP contribution in [0.3, 0.4) is 0 Å². The van der Waals surface area contributed by atoms with Gasteiger partial charge >= 0.3 is 0 Å². The number of hydrogen-bond donors (Lipinski definition) is 1. The van der Waals surface area contributed by atoms with Crippen LogP contribution in [-0.4, -0.2) is 73.7 Å². The summed E-state index contributed by atoms with van der Waals surface area (Å²) in [5, 5.41) is 2.76. The predicted octanol–water partition coefficient (Wildman–Crippen LogP) is 5.39. The molecule has 13 heteroatoms. The molecule has 1 N–H and O–H groups in total. The van der Waals surface area contributed by atoms with Gasteiger partial charge in [0.25, 0.3) is 14.4 Å². The smallest absolute Gasteiger partial charge is 0.259 e. The maximum atomic E-state index is 16.2. The molecule has 3 aromatic rings. The maximum absolute atomic E-state index is 16.2. The van der Waals surface area contributed by atoms with Crippen LogP contribution in [-0.2, 0) is 13.8 Å². The molecule has 5 atom stereocenters. The Morgan fingerprint density at radius 3 is 2.60 bits per heavy atom. The summed E-state index contributed by atoms with van der Waals surface area (Å²) in [5.41, 5.74) is 1.10. The number of rotatable bonds is 12. The molecule has 0 spiro atoms. The standard InChI is InChI=1S/C27H35FN7O4P/c1-7-20-23(39-40(37-14-13-29-6)35(17(2)3)18(4)5)21(28)27(38-20)34-16-32-22-24(30-15-31-25(22)34)33-26(36)19-11-9-8-10-12-19/h8-12,15-18,20-21,23,27H,7,13-14H2,1-5H3,(H,30,31,33,36)/t20-,21-,23-,27-,40?/m1/s1. The van der Waals surface area contributed by atoms with Crippen LogP contribution >= 0.6 is 8.53 Å². The Balaban J connectivity index is 1.59. The molecule has 40 heavy (non-hydrogen) atoms. The summed E-state index contributed by atoms with van der Waals surface area (Å²) in [5.74, 6) is -0.131. The lowest BCUT2D eigenvalue weighted by molar-refractivity contribution is -0.0230. The van der Waals surface area contributed by atoms with E-state index in [1.807, 2.05) is 40.7 Å². The summed E-state index contributed by atoms with van der Waals surface area (Å²) in [4.78, 5) is 29.0. The molecular formula is C27H35FN7O4P. The lowest BCUT2D eigenvalue weighted by Gasteiger charge is -2.37. The summed E-state index contributed by atoms with van der Waals surface area (Å²) < 4.78 is 38.3. The highest BCUT2D eigenvalue weighted by molar-refractivity contribution is 7.44. The minimum absolute atomic E-state index is 0.0779. The minimum atomic E-state index is -1.66. The predicted molar refractivity (Wildman–Crippen MR) is 150 cm³/mol. The number of ether oxygens (including phenoxy) is 1. The van der Waals surface area contributed by atoms with E-state index < -0.39 is 33.1 Å². The molecule has 0 aliphatic carbocycles. The molecule has 214 valence electrons. The van der Waals surface area contributed by atoms with E-state index in [1.165, 1.54) is 17.2 Å². The zero-order chi connectivity index (χ0) is 28.8. The van der Waals surface area contributed by atoms with Crippen LogP contribution in [0.1, 0.15) is 57.6 Å². The van der Waals surface area contributed by atoms with E-state index in [0.717, 1.165) is 0 Å². The van der Waals surface area contributed by atoms with Crippen LogP contribution < -0.4 is 5.32 Å². The first-order valence-electron chi connectivity index (χ1n) is 13.3. The van der Waals surface area contributed by atoms with Crippen molar-refractivity contribution < 1.29 is 23.0 Å². The highest BCUT2D eigenvalue weighted by atomic mass is 31.2. The first-order valence-corrected chi connectivity index (χ1v) is 14.4. The number of halogens is 1. The third-order valence-corrected chi connectivity index (χ3v) is 8.56. The number of carbonyl (C=O) groups is 1. The van der Waals surface area contributed by atoms with Gasteiger partial charge in [-0.3, -0.25) is 9.36 Å². The Labute approximate surface area is 234 Å². The first kappa shape index (κ1) is 29.9. The van der Waals surface area contributed by atoms with Crippen molar-refractivity contribution in [2.24, 2.45) is 0 Å². The molecule has 4 rings (SSSR count). The second kappa shape index (κ2) is 13.5. The molecule has 0 radical (unpaired) electrons. The number of nitrogens with zero attached hydrogens (tertiary/aromatic N) is 6. The van der Waals surface area contributed by atoms with Crippen molar-refractivity contribution in [2.45, 2.75) is 77.7 Å². The third kappa shape index (κ3) is 6.45. The molecule has 2 aromatic heterocycles.